The quantitative estimate of drug-likeness (QED) is 0.330. The molecule has 0 fully saturated rings. The Bertz CT molecular complexity index is 93.8. The smallest absolute Gasteiger partial charge is 1.00 e. The molecule has 0 aromatic carbocycles. The van der Waals surface area contributed by atoms with E-state index in [1.54, 1.807) is 0 Å². The summed E-state index contributed by atoms with van der Waals surface area (Å²) < 4.78 is 14.3. The van der Waals surface area contributed by atoms with Gasteiger partial charge in [-0.2, -0.15) is 0 Å². The van der Waals surface area contributed by atoms with Crippen LogP contribution in [0.3, 0.4) is 0 Å². The summed E-state index contributed by atoms with van der Waals surface area (Å²) >= 11 is 0. The summed E-state index contributed by atoms with van der Waals surface area (Å²) in [5.41, 5.74) is 0. The Kier molecular flexibility index (Phi) is 13.6. The predicted octanol–water partition coefficient (Wildman–Crippen LogP) is -1.04. The molecule has 0 rings (SSSR count). The van der Waals surface area contributed by atoms with Crippen LogP contribution < -0.4 is 29.6 Å². The number of rotatable bonds is 5. The van der Waals surface area contributed by atoms with Gasteiger partial charge in [0, 0.05) is 4.57 Å². The van der Waals surface area contributed by atoms with Crippen LogP contribution in [0.4, 0.5) is 0 Å². The first-order valence-electron chi connectivity index (χ1n) is 3.06. The summed E-state index contributed by atoms with van der Waals surface area (Å²) in [6, 6.07) is 0. The number of hydrogen-bond acceptors (Lipinski definition) is 2. The van der Waals surface area contributed by atoms with Crippen LogP contribution in [0, 0.1) is 0 Å². The maximum Gasteiger partial charge on any atom is 1.00 e. The van der Waals surface area contributed by atoms with Crippen molar-refractivity contribution in [1.82, 2.24) is 0 Å². The monoisotopic (exact) mass is 175 g/mol. The van der Waals surface area contributed by atoms with Gasteiger partial charge in [0.05, 0.1) is 0 Å². The maximum absolute atomic E-state index is 9.89. The fourth-order valence-corrected chi connectivity index (χ4v) is 0.780. The second-order valence-corrected chi connectivity index (χ2v) is 2.51. The van der Waals surface area contributed by atoms with Gasteiger partial charge in [-0.3, -0.25) is 0 Å². The molecule has 0 heterocycles. The van der Waals surface area contributed by atoms with Gasteiger partial charge in [-0.25, -0.2) is 0 Å². The van der Waals surface area contributed by atoms with E-state index in [1.807, 2.05) is 0 Å². The average molecular weight is 175 g/mol. The van der Waals surface area contributed by atoms with Crippen LogP contribution >= 0.6 is 8.25 Å². The van der Waals surface area contributed by atoms with Gasteiger partial charge in [0.1, 0.15) is 6.61 Å². The zero-order valence-corrected chi connectivity index (χ0v) is 9.43. The minimum absolute atomic E-state index is 0. The molecule has 0 aliphatic rings. The summed E-state index contributed by atoms with van der Waals surface area (Å²) in [6.07, 6.45) is 3.03. The van der Waals surface area contributed by atoms with Crippen LogP contribution in [-0.2, 0) is 9.09 Å². The van der Waals surface area contributed by atoms with Gasteiger partial charge < -0.3 is 1.43 Å². The molecular formula is C5H13NaO3P+. The van der Waals surface area contributed by atoms with Crippen LogP contribution in [-0.4, -0.2) is 11.5 Å². The molecule has 0 aliphatic heterocycles. The van der Waals surface area contributed by atoms with Crippen molar-refractivity contribution < 1.29 is 45.0 Å². The molecule has 0 radical (unpaired) electrons. The molecule has 5 heteroatoms. The summed E-state index contributed by atoms with van der Waals surface area (Å²) in [6.45, 7) is 2.47. The first-order chi connectivity index (χ1) is 4.27. The van der Waals surface area contributed by atoms with Crippen LogP contribution in [0.1, 0.15) is 27.6 Å². The predicted molar refractivity (Wildman–Crippen MR) is 36.4 cm³/mol. The second kappa shape index (κ2) is 10.0. The van der Waals surface area contributed by atoms with Crippen LogP contribution in [0.15, 0.2) is 0 Å². The molecule has 0 aromatic heterocycles. The van der Waals surface area contributed by atoms with Gasteiger partial charge in [-0.05, 0) is 6.42 Å². The van der Waals surface area contributed by atoms with E-state index in [4.69, 9.17) is 4.89 Å². The SMILES string of the molecule is CCCCCO[P+](=O)O.[H-].[Na+]. The minimum Gasteiger partial charge on any atom is -1.00 e. The normalized spacial score (nSPS) is 10.4. The van der Waals surface area contributed by atoms with Crippen molar-refractivity contribution in [2.45, 2.75) is 26.2 Å². The van der Waals surface area contributed by atoms with E-state index in [1.165, 1.54) is 0 Å². The average Bonchev–Trinajstić information content (AvgIpc) is 1.80. The van der Waals surface area contributed by atoms with Crippen LogP contribution in [0.25, 0.3) is 0 Å². The molecule has 0 saturated heterocycles. The molecular weight excluding hydrogens is 162 g/mol. The van der Waals surface area contributed by atoms with Gasteiger partial charge in [-0.15, -0.1) is 9.42 Å². The molecule has 0 aromatic rings. The van der Waals surface area contributed by atoms with Crippen LogP contribution in [0.2, 0.25) is 0 Å². The fourth-order valence-electron chi connectivity index (χ4n) is 0.495. The minimum atomic E-state index is -2.37. The molecule has 3 nitrogen and oxygen atoms in total. The Labute approximate surface area is 85.9 Å². The van der Waals surface area contributed by atoms with Crippen LogP contribution in [0.5, 0.6) is 0 Å². The zero-order valence-electron chi connectivity index (χ0n) is 7.54. The van der Waals surface area contributed by atoms with Gasteiger partial charge in [0.25, 0.3) is 0 Å². The molecule has 1 atom stereocenters. The molecule has 0 bridgehead atoms. The van der Waals surface area contributed by atoms with Gasteiger partial charge >= 0.3 is 37.8 Å². The third-order valence-electron chi connectivity index (χ3n) is 0.950. The molecule has 56 valence electrons. The molecule has 0 amide bonds. The molecule has 1 N–H and O–H groups in total. The van der Waals surface area contributed by atoms with E-state index < -0.39 is 8.25 Å². The van der Waals surface area contributed by atoms with Crippen molar-refractivity contribution in [1.29, 1.82) is 0 Å². The van der Waals surface area contributed by atoms with Crippen molar-refractivity contribution in [3.63, 3.8) is 0 Å². The van der Waals surface area contributed by atoms with Crippen molar-refractivity contribution in [3.05, 3.63) is 0 Å². The summed E-state index contributed by atoms with van der Waals surface area (Å²) in [4.78, 5) is 8.14. The van der Waals surface area contributed by atoms with E-state index >= 15 is 0 Å². The van der Waals surface area contributed by atoms with Gasteiger partial charge in [0.15, 0.2) is 0 Å². The zero-order chi connectivity index (χ0) is 7.11. The Hall–Kier alpha value is 1.02. The standard InChI is InChI=1S/C5H11O3P.Na.H/c1-2-3-4-5-8-9(6)7;;/h2-5H2,1H3;;/q;+1;-1/p+1. The van der Waals surface area contributed by atoms with E-state index in [9.17, 15) is 4.57 Å². The van der Waals surface area contributed by atoms with Gasteiger partial charge in [0.2, 0.25) is 0 Å². The summed E-state index contributed by atoms with van der Waals surface area (Å²) in [7, 11) is -2.37. The Morgan fingerprint density at radius 3 is 2.60 bits per heavy atom. The first-order valence-corrected chi connectivity index (χ1v) is 4.19. The Morgan fingerprint density at radius 1 is 1.60 bits per heavy atom. The van der Waals surface area contributed by atoms with E-state index in [-0.39, 0.29) is 31.0 Å². The van der Waals surface area contributed by atoms with Crippen molar-refractivity contribution >= 4 is 8.25 Å². The maximum atomic E-state index is 9.89. The second-order valence-electron chi connectivity index (χ2n) is 1.78. The summed E-state index contributed by atoms with van der Waals surface area (Å²) in [5.74, 6) is 0. The van der Waals surface area contributed by atoms with Crippen molar-refractivity contribution in [2.75, 3.05) is 6.61 Å². The molecule has 0 saturated carbocycles. The summed E-state index contributed by atoms with van der Waals surface area (Å²) in [5, 5.41) is 0. The molecule has 0 aliphatic carbocycles. The number of unbranched alkanes of at least 4 members (excludes halogenated alkanes) is 2. The van der Waals surface area contributed by atoms with E-state index in [2.05, 4.69) is 11.4 Å². The molecule has 10 heavy (non-hydrogen) atoms. The van der Waals surface area contributed by atoms with E-state index in [0.717, 1.165) is 19.3 Å². The third-order valence-corrected chi connectivity index (χ3v) is 1.35. The molecule has 0 spiro atoms. The Balaban J connectivity index is -0.000000320. The topological polar surface area (TPSA) is 46.5 Å². The van der Waals surface area contributed by atoms with E-state index in [0.29, 0.717) is 6.61 Å². The van der Waals surface area contributed by atoms with Crippen molar-refractivity contribution in [3.8, 4) is 0 Å². The van der Waals surface area contributed by atoms with Crippen molar-refractivity contribution in [2.24, 2.45) is 0 Å². The fraction of sp³-hybridized carbons (Fsp3) is 1.00. The Morgan fingerprint density at radius 2 is 2.20 bits per heavy atom. The third kappa shape index (κ3) is 11.8. The largest absolute Gasteiger partial charge is 1.00 e. The first kappa shape index (κ1) is 13.6. The number of hydrogen-bond donors (Lipinski definition) is 1. The van der Waals surface area contributed by atoms with Gasteiger partial charge in [-0.1, -0.05) is 19.8 Å². The molecule has 1 unspecified atom stereocenters.